The molecule has 3 aromatic rings. The molecule has 1 unspecified atom stereocenters. The van der Waals surface area contributed by atoms with E-state index in [9.17, 15) is 9.18 Å². The van der Waals surface area contributed by atoms with Crippen LogP contribution in [-0.2, 0) is 4.79 Å². The molecule has 3 nitrogen and oxygen atoms in total. The van der Waals surface area contributed by atoms with Gasteiger partial charge in [-0.1, -0.05) is 41.9 Å². The number of carbonyl (C=O) groups excluding carboxylic acids is 1. The lowest BCUT2D eigenvalue weighted by Gasteiger charge is -2.15. The predicted octanol–water partition coefficient (Wildman–Crippen LogP) is 4.83. The SMILES string of the molecule is CC(=O)NC(c1ccccc1)c1nc(-c2ccc(F)c(Cl)c2)cs1. The average Bonchev–Trinajstić information content (AvgIpc) is 3.05. The normalized spacial score (nSPS) is 12.0. The molecule has 1 aromatic heterocycles. The minimum atomic E-state index is -0.462. The van der Waals surface area contributed by atoms with Crippen molar-refractivity contribution in [2.24, 2.45) is 0 Å². The second-order valence-corrected chi connectivity index (χ2v) is 6.54. The van der Waals surface area contributed by atoms with Crippen LogP contribution < -0.4 is 5.32 Å². The molecule has 6 heteroatoms. The zero-order valence-electron chi connectivity index (χ0n) is 12.8. The maximum absolute atomic E-state index is 13.3. The molecule has 1 N–H and O–H groups in total. The summed E-state index contributed by atoms with van der Waals surface area (Å²) in [5.74, 6) is -0.596. The second-order valence-electron chi connectivity index (χ2n) is 5.24. The van der Waals surface area contributed by atoms with Crippen molar-refractivity contribution < 1.29 is 9.18 Å². The third kappa shape index (κ3) is 3.63. The van der Waals surface area contributed by atoms with Gasteiger partial charge < -0.3 is 5.32 Å². The molecule has 1 atom stereocenters. The zero-order chi connectivity index (χ0) is 17.1. The van der Waals surface area contributed by atoms with E-state index in [-0.39, 0.29) is 17.0 Å². The fourth-order valence-electron chi connectivity index (χ4n) is 2.34. The van der Waals surface area contributed by atoms with E-state index in [0.717, 1.165) is 16.1 Å². The highest BCUT2D eigenvalue weighted by Gasteiger charge is 2.19. The molecule has 0 saturated heterocycles. The van der Waals surface area contributed by atoms with Gasteiger partial charge in [0.05, 0.1) is 10.7 Å². The van der Waals surface area contributed by atoms with Crippen LogP contribution in [0, 0.1) is 5.82 Å². The van der Waals surface area contributed by atoms with E-state index in [2.05, 4.69) is 10.3 Å². The van der Waals surface area contributed by atoms with Gasteiger partial charge in [0.2, 0.25) is 5.91 Å². The summed E-state index contributed by atoms with van der Waals surface area (Å²) in [5, 5.41) is 5.61. The quantitative estimate of drug-likeness (QED) is 0.724. The summed E-state index contributed by atoms with van der Waals surface area (Å²) in [6, 6.07) is 13.8. The summed E-state index contributed by atoms with van der Waals surface area (Å²) in [5.41, 5.74) is 2.38. The van der Waals surface area contributed by atoms with Gasteiger partial charge in [0, 0.05) is 17.9 Å². The number of halogens is 2. The molecule has 0 aliphatic rings. The molecule has 122 valence electrons. The summed E-state index contributed by atoms with van der Waals surface area (Å²) in [7, 11) is 0. The van der Waals surface area contributed by atoms with Crippen LogP contribution in [0.1, 0.15) is 23.5 Å². The fraction of sp³-hybridized carbons (Fsp3) is 0.111. The summed E-state index contributed by atoms with van der Waals surface area (Å²) in [6.45, 7) is 1.48. The van der Waals surface area contributed by atoms with Crippen molar-refractivity contribution in [2.45, 2.75) is 13.0 Å². The topological polar surface area (TPSA) is 42.0 Å². The molecular formula is C18H14ClFN2OS. The number of nitrogens with zero attached hydrogens (tertiary/aromatic N) is 1. The first-order valence-corrected chi connectivity index (χ1v) is 8.53. The van der Waals surface area contributed by atoms with Gasteiger partial charge >= 0.3 is 0 Å². The molecule has 0 radical (unpaired) electrons. The van der Waals surface area contributed by atoms with Crippen LogP contribution in [0.3, 0.4) is 0 Å². The van der Waals surface area contributed by atoms with Crippen molar-refractivity contribution in [3.05, 3.63) is 75.3 Å². The van der Waals surface area contributed by atoms with E-state index in [1.54, 1.807) is 12.1 Å². The van der Waals surface area contributed by atoms with Crippen molar-refractivity contribution in [1.29, 1.82) is 0 Å². The standard InChI is InChI=1S/C18H14ClFN2OS/c1-11(23)21-17(12-5-3-2-4-6-12)18-22-16(10-24-18)13-7-8-15(20)14(19)9-13/h2-10,17H,1H3,(H,21,23). The van der Waals surface area contributed by atoms with Crippen molar-refractivity contribution in [1.82, 2.24) is 10.3 Å². The van der Waals surface area contributed by atoms with Crippen LogP contribution in [0.4, 0.5) is 4.39 Å². The molecule has 2 aromatic carbocycles. The van der Waals surface area contributed by atoms with Crippen LogP contribution in [0.5, 0.6) is 0 Å². The van der Waals surface area contributed by atoms with Crippen LogP contribution in [0.15, 0.2) is 53.9 Å². The average molecular weight is 361 g/mol. The first-order valence-electron chi connectivity index (χ1n) is 7.27. The molecule has 1 heterocycles. The Labute approximate surface area is 148 Å². The smallest absolute Gasteiger partial charge is 0.217 e. The summed E-state index contributed by atoms with van der Waals surface area (Å²) >= 11 is 7.28. The molecule has 3 rings (SSSR count). The Morgan fingerprint density at radius 2 is 2.00 bits per heavy atom. The van der Waals surface area contributed by atoms with Gasteiger partial charge in [-0.25, -0.2) is 9.37 Å². The Hall–Kier alpha value is -2.24. The molecule has 0 spiro atoms. The summed E-state index contributed by atoms with van der Waals surface area (Å²) < 4.78 is 13.3. The zero-order valence-corrected chi connectivity index (χ0v) is 14.4. The number of hydrogen-bond donors (Lipinski definition) is 1. The highest BCUT2D eigenvalue weighted by Crippen LogP contribution is 2.30. The van der Waals surface area contributed by atoms with Crippen LogP contribution in [0.25, 0.3) is 11.3 Å². The maximum Gasteiger partial charge on any atom is 0.217 e. The maximum atomic E-state index is 13.3. The lowest BCUT2D eigenvalue weighted by Crippen LogP contribution is -2.26. The van der Waals surface area contributed by atoms with Gasteiger partial charge in [0.25, 0.3) is 0 Å². The minimum Gasteiger partial charge on any atom is -0.343 e. The number of nitrogens with one attached hydrogen (secondary N) is 1. The van der Waals surface area contributed by atoms with Crippen molar-refractivity contribution >= 4 is 28.8 Å². The number of hydrogen-bond acceptors (Lipinski definition) is 3. The number of carbonyl (C=O) groups is 1. The molecule has 24 heavy (non-hydrogen) atoms. The first-order chi connectivity index (χ1) is 11.5. The van der Waals surface area contributed by atoms with Gasteiger partial charge in [0.1, 0.15) is 16.9 Å². The Kier molecular flexibility index (Phi) is 4.92. The van der Waals surface area contributed by atoms with E-state index in [1.165, 1.54) is 24.3 Å². The number of thiazole rings is 1. The van der Waals surface area contributed by atoms with Gasteiger partial charge in [-0.3, -0.25) is 4.79 Å². The van der Waals surface area contributed by atoms with Gasteiger partial charge in [-0.2, -0.15) is 0 Å². The highest BCUT2D eigenvalue weighted by molar-refractivity contribution is 7.10. The molecule has 0 aliphatic heterocycles. The third-order valence-corrected chi connectivity index (χ3v) is 4.66. The number of rotatable bonds is 4. The number of aromatic nitrogens is 1. The van der Waals surface area contributed by atoms with Crippen LogP contribution in [-0.4, -0.2) is 10.9 Å². The highest BCUT2D eigenvalue weighted by atomic mass is 35.5. The van der Waals surface area contributed by atoms with Crippen molar-refractivity contribution in [3.63, 3.8) is 0 Å². The van der Waals surface area contributed by atoms with E-state index in [4.69, 9.17) is 11.6 Å². The Bertz CT molecular complexity index is 866. The Morgan fingerprint density at radius 3 is 2.67 bits per heavy atom. The van der Waals surface area contributed by atoms with Gasteiger partial charge in [-0.15, -0.1) is 11.3 Å². The van der Waals surface area contributed by atoms with E-state index >= 15 is 0 Å². The molecular weight excluding hydrogens is 347 g/mol. The van der Waals surface area contributed by atoms with Crippen molar-refractivity contribution in [2.75, 3.05) is 0 Å². The summed E-state index contributed by atoms with van der Waals surface area (Å²) in [6.07, 6.45) is 0. The van der Waals surface area contributed by atoms with Crippen LogP contribution in [0.2, 0.25) is 5.02 Å². The van der Waals surface area contributed by atoms with E-state index in [0.29, 0.717) is 5.69 Å². The first kappa shape index (κ1) is 16.6. The fourth-order valence-corrected chi connectivity index (χ4v) is 3.43. The van der Waals surface area contributed by atoms with E-state index in [1.807, 2.05) is 35.7 Å². The monoisotopic (exact) mass is 360 g/mol. The minimum absolute atomic E-state index is 0.0588. The van der Waals surface area contributed by atoms with Gasteiger partial charge in [0.15, 0.2) is 0 Å². The lowest BCUT2D eigenvalue weighted by molar-refractivity contribution is -0.119. The second kappa shape index (κ2) is 7.11. The Balaban J connectivity index is 1.96. The van der Waals surface area contributed by atoms with Crippen molar-refractivity contribution in [3.8, 4) is 11.3 Å². The van der Waals surface area contributed by atoms with E-state index < -0.39 is 5.82 Å². The molecule has 0 bridgehead atoms. The Morgan fingerprint density at radius 1 is 1.25 bits per heavy atom. The third-order valence-electron chi connectivity index (χ3n) is 3.46. The lowest BCUT2D eigenvalue weighted by atomic mass is 10.1. The number of benzene rings is 2. The molecule has 1 amide bonds. The largest absolute Gasteiger partial charge is 0.343 e. The molecule has 0 saturated carbocycles. The number of amides is 1. The van der Waals surface area contributed by atoms with Gasteiger partial charge in [-0.05, 0) is 23.8 Å². The van der Waals surface area contributed by atoms with Crippen LogP contribution >= 0.6 is 22.9 Å². The molecule has 0 fully saturated rings. The molecule has 0 aliphatic carbocycles. The summed E-state index contributed by atoms with van der Waals surface area (Å²) in [4.78, 5) is 16.2. The predicted molar refractivity (Wildman–Crippen MR) is 94.6 cm³/mol.